The molecule has 0 aliphatic heterocycles. The highest BCUT2D eigenvalue weighted by Crippen LogP contribution is 2.18. The summed E-state index contributed by atoms with van der Waals surface area (Å²) in [5.74, 6) is 0. The number of hydrogen-bond acceptors (Lipinski definition) is 7. The zero-order valence-electron chi connectivity index (χ0n) is 16.1. The van der Waals surface area contributed by atoms with Gasteiger partial charge >= 0.3 is 17.6 Å². The lowest BCUT2D eigenvalue weighted by atomic mass is 10.4. The molecule has 0 N–H and O–H groups in total. The summed E-state index contributed by atoms with van der Waals surface area (Å²) in [4.78, 5) is 0. The van der Waals surface area contributed by atoms with Crippen LogP contribution >= 0.6 is 0 Å². The van der Waals surface area contributed by atoms with Crippen LogP contribution in [0.1, 0.15) is 20.3 Å². The molecule has 0 rings (SSSR count). The average molecular weight is 371 g/mol. The van der Waals surface area contributed by atoms with Crippen LogP contribution in [-0.2, 0) is 31.3 Å². The molecule has 140 valence electrons. The van der Waals surface area contributed by atoms with Crippen LogP contribution in [0, 0.1) is 0 Å². The van der Waals surface area contributed by atoms with Crippen molar-refractivity contribution in [3.63, 3.8) is 0 Å². The lowest BCUT2D eigenvalue weighted by molar-refractivity contribution is 0.0199. The minimum Gasteiger partial charge on any atom is -0.377 e. The number of rotatable bonds is 11. The summed E-state index contributed by atoms with van der Waals surface area (Å²) < 4.78 is 36.6. The van der Waals surface area contributed by atoms with Crippen LogP contribution in [0.4, 0.5) is 0 Å². The van der Waals surface area contributed by atoms with E-state index in [1.54, 1.807) is 42.7 Å². The number of ether oxygens (including phenoxy) is 1. The highest BCUT2D eigenvalue weighted by atomic mass is 28.4. The van der Waals surface area contributed by atoms with E-state index in [2.05, 4.69) is 6.58 Å². The molecule has 23 heavy (non-hydrogen) atoms. The molecule has 9 heteroatoms. The minimum atomic E-state index is -2.68. The first-order valence-corrected chi connectivity index (χ1v) is 11.3. The molecule has 0 aliphatic carbocycles. The highest BCUT2D eigenvalue weighted by Gasteiger charge is 2.47. The molecule has 0 saturated heterocycles. The van der Waals surface area contributed by atoms with E-state index in [0.717, 1.165) is 12.0 Å². The zero-order chi connectivity index (χ0) is 18.5. The first-order valence-electron chi connectivity index (χ1n) is 7.31. The van der Waals surface area contributed by atoms with Crippen molar-refractivity contribution in [1.82, 2.24) is 0 Å². The number of hydrogen-bond donors (Lipinski definition) is 0. The zero-order valence-corrected chi connectivity index (χ0v) is 18.1. The van der Waals surface area contributed by atoms with Crippen LogP contribution in [0.25, 0.3) is 0 Å². The molecule has 0 aromatic carbocycles. The summed E-state index contributed by atoms with van der Waals surface area (Å²) in [7, 11) is 4.67. The van der Waals surface area contributed by atoms with E-state index in [-0.39, 0.29) is 5.73 Å². The molecule has 0 amide bonds. The Morgan fingerprint density at radius 1 is 0.870 bits per heavy atom. The molecule has 0 saturated carbocycles. The van der Waals surface area contributed by atoms with Crippen LogP contribution in [-0.4, -0.2) is 72.6 Å². The van der Waals surface area contributed by atoms with E-state index >= 15 is 0 Å². The Morgan fingerprint density at radius 2 is 1.26 bits per heavy atom. The second-order valence-electron chi connectivity index (χ2n) is 4.86. The Bertz CT molecular complexity index is 291. The van der Waals surface area contributed by atoms with Gasteiger partial charge in [0.15, 0.2) is 0 Å². The lowest BCUT2D eigenvalue weighted by Crippen LogP contribution is -2.55. The van der Waals surface area contributed by atoms with Crippen molar-refractivity contribution in [3.8, 4) is 0 Å². The van der Waals surface area contributed by atoms with E-state index in [9.17, 15) is 0 Å². The van der Waals surface area contributed by atoms with Gasteiger partial charge in [-0.2, -0.15) is 0 Å². The van der Waals surface area contributed by atoms with Gasteiger partial charge in [0.05, 0.1) is 6.61 Å². The average Bonchev–Trinajstić information content (AvgIpc) is 2.58. The third-order valence-electron chi connectivity index (χ3n) is 3.26. The molecule has 0 aliphatic rings. The second kappa shape index (κ2) is 13.2. The first-order chi connectivity index (χ1) is 10.7. The van der Waals surface area contributed by atoms with Crippen molar-refractivity contribution in [1.29, 1.82) is 0 Å². The Morgan fingerprint density at radius 3 is 1.43 bits per heavy atom. The van der Waals surface area contributed by atoms with Gasteiger partial charge in [0.25, 0.3) is 0 Å². The van der Waals surface area contributed by atoms with Gasteiger partial charge in [-0.1, -0.05) is 19.1 Å². The molecule has 1 unspecified atom stereocenters. The van der Waals surface area contributed by atoms with Crippen molar-refractivity contribution in [2.24, 2.45) is 0 Å². The lowest BCUT2D eigenvalue weighted by Gasteiger charge is -2.31. The van der Waals surface area contributed by atoms with E-state index in [0.29, 0.717) is 6.61 Å². The maximum Gasteiger partial charge on any atom is 0.530 e. The van der Waals surface area contributed by atoms with Crippen LogP contribution in [0.15, 0.2) is 12.2 Å². The Labute approximate surface area is 143 Å². The largest absolute Gasteiger partial charge is 0.530 e. The SMILES string of the molecule is C=C(C)COC(CC)[Si](OC)(OC)OC.CO[Si](C)(OC)OC. The van der Waals surface area contributed by atoms with Gasteiger partial charge in [-0.3, -0.25) is 0 Å². The van der Waals surface area contributed by atoms with Crippen molar-refractivity contribution < 1.29 is 31.3 Å². The van der Waals surface area contributed by atoms with Crippen LogP contribution in [0.3, 0.4) is 0 Å². The first kappa shape index (κ1) is 25.1. The molecule has 7 nitrogen and oxygen atoms in total. The summed E-state index contributed by atoms with van der Waals surface area (Å²) in [6, 6.07) is 0. The van der Waals surface area contributed by atoms with Gasteiger partial charge in [-0.25, -0.2) is 0 Å². The van der Waals surface area contributed by atoms with E-state index in [1.165, 1.54) is 0 Å². The summed E-state index contributed by atoms with van der Waals surface area (Å²) in [5, 5.41) is 0. The molecule has 0 aromatic rings. The van der Waals surface area contributed by atoms with E-state index < -0.39 is 17.6 Å². The smallest absolute Gasteiger partial charge is 0.377 e. The molecule has 0 aromatic heterocycles. The van der Waals surface area contributed by atoms with Crippen LogP contribution in [0.5, 0.6) is 0 Å². The van der Waals surface area contributed by atoms with Crippen molar-refractivity contribution in [3.05, 3.63) is 12.2 Å². The van der Waals surface area contributed by atoms with E-state index in [1.807, 2.05) is 20.4 Å². The minimum absolute atomic E-state index is 0.144. The Hall–Kier alpha value is -0.106. The maximum atomic E-state index is 5.68. The van der Waals surface area contributed by atoms with Gasteiger partial charge in [0, 0.05) is 49.2 Å². The molecule has 0 bridgehead atoms. The van der Waals surface area contributed by atoms with Crippen molar-refractivity contribution >= 4 is 17.6 Å². The van der Waals surface area contributed by atoms with Gasteiger partial charge in [-0.15, -0.1) is 0 Å². The molecule has 0 fully saturated rings. The molecule has 0 heterocycles. The normalized spacial score (nSPS) is 13.3. The van der Waals surface area contributed by atoms with Crippen molar-refractivity contribution in [2.45, 2.75) is 32.5 Å². The molecule has 0 spiro atoms. The Balaban J connectivity index is 0. The third-order valence-corrected chi connectivity index (χ3v) is 8.56. The quantitative estimate of drug-likeness (QED) is 0.408. The van der Waals surface area contributed by atoms with E-state index in [4.69, 9.17) is 31.3 Å². The van der Waals surface area contributed by atoms with Gasteiger partial charge in [0.1, 0.15) is 5.73 Å². The molecule has 1 atom stereocenters. The fourth-order valence-electron chi connectivity index (χ4n) is 1.61. The molecule has 0 radical (unpaired) electrons. The predicted molar refractivity (Wildman–Crippen MR) is 94.3 cm³/mol. The topological polar surface area (TPSA) is 64.6 Å². The predicted octanol–water partition coefficient (Wildman–Crippen LogP) is 2.27. The van der Waals surface area contributed by atoms with Crippen molar-refractivity contribution in [2.75, 3.05) is 49.3 Å². The Kier molecular flexibility index (Phi) is 14.4. The van der Waals surface area contributed by atoms with Crippen LogP contribution < -0.4 is 0 Å². The van der Waals surface area contributed by atoms with Gasteiger partial charge in [-0.05, 0) is 13.3 Å². The second-order valence-corrected chi connectivity index (χ2v) is 10.9. The van der Waals surface area contributed by atoms with Gasteiger partial charge in [0.2, 0.25) is 0 Å². The fourth-order valence-corrected chi connectivity index (χ4v) is 4.18. The highest BCUT2D eigenvalue weighted by molar-refractivity contribution is 6.62. The maximum absolute atomic E-state index is 5.68. The monoisotopic (exact) mass is 370 g/mol. The third kappa shape index (κ3) is 9.08. The summed E-state index contributed by atoms with van der Waals surface area (Å²) in [6.07, 6.45) is 0.787. The molecular formula is C14H34O7Si2. The summed E-state index contributed by atoms with van der Waals surface area (Å²) in [5.41, 5.74) is 0.828. The standard InChI is InChI=1S/C10H22O4Si.C4H12O3Si/c1-7-10(14-8-9(2)3)15(11-4,12-5)13-6;1-5-8(4,6-2)7-3/h10H,2,7-8H2,1,3-6H3;1-4H3. The summed E-state index contributed by atoms with van der Waals surface area (Å²) in [6.45, 7) is 10.1. The fraction of sp³-hybridized carbons (Fsp3) is 0.857. The molecular weight excluding hydrogens is 336 g/mol. The summed E-state index contributed by atoms with van der Waals surface area (Å²) >= 11 is 0. The van der Waals surface area contributed by atoms with Gasteiger partial charge < -0.3 is 31.3 Å². The van der Waals surface area contributed by atoms with Crippen LogP contribution in [0.2, 0.25) is 6.55 Å².